The minimum Gasteiger partial charge on any atom is -0.466 e. The summed E-state index contributed by atoms with van der Waals surface area (Å²) in [5.74, 6) is 1.84. The van der Waals surface area contributed by atoms with Crippen molar-refractivity contribution in [3.8, 4) is 12.3 Å². The van der Waals surface area contributed by atoms with Crippen LogP contribution in [-0.2, 0) is 14.3 Å². The third-order valence-electron chi connectivity index (χ3n) is 1.57. The first-order chi connectivity index (χ1) is 7.78. The molecule has 0 aliphatic carbocycles. The Balaban J connectivity index is 4.19. The average Bonchev–Trinajstić information content (AvgIpc) is 2.13. The van der Waals surface area contributed by atoms with Gasteiger partial charge in [0.15, 0.2) is 0 Å². The number of amides is 1. The van der Waals surface area contributed by atoms with Crippen LogP contribution in [0.3, 0.4) is 0 Å². The molecule has 0 spiro atoms. The molecule has 1 amide bonds. The van der Waals surface area contributed by atoms with Gasteiger partial charge in [-0.05, 0) is 27.7 Å². The summed E-state index contributed by atoms with van der Waals surface area (Å²) < 4.78 is 9.74. The van der Waals surface area contributed by atoms with Gasteiger partial charge in [-0.2, -0.15) is 0 Å². The lowest BCUT2D eigenvalue weighted by Crippen LogP contribution is -2.39. The number of nitrogens with one attached hydrogen (secondary N) is 1. The van der Waals surface area contributed by atoms with Gasteiger partial charge in [0, 0.05) is 0 Å². The molecule has 0 unspecified atom stereocenters. The predicted molar refractivity (Wildman–Crippen MR) is 63.2 cm³/mol. The van der Waals surface area contributed by atoms with Gasteiger partial charge in [0.05, 0.1) is 13.0 Å². The number of terminal acetylenes is 1. The summed E-state index contributed by atoms with van der Waals surface area (Å²) in [5.41, 5.74) is -0.604. The zero-order valence-electron chi connectivity index (χ0n) is 10.7. The fourth-order valence-corrected chi connectivity index (χ4v) is 0.988. The van der Waals surface area contributed by atoms with E-state index in [9.17, 15) is 9.59 Å². The summed E-state index contributed by atoms with van der Waals surface area (Å²) in [5, 5.41) is 2.41. The monoisotopic (exact) mass is 241 g/mol. The molecule has 0 aromatic heterocycles. The highest BCUT2D eigenvalue weighted by atomic mass is 16.6. The van der Waals surface area contributed by atoms with Gasteiger partial charge in [0.1, 0.15) is 11.6 Å². The lowest BCUT2D eigenvalue weighted by atomic mass is 10.2. The Morgan fingerprint density at radius 3 is 2.41 bits per heavy atom. The molecular formula is C12H19NO4. The van der Waals surface area contributed by atoms with Gasteiger partial charge in [-0.15, -0.1) is 6.42 Å². The van der Waals surface area contributed by atoms with Crippen molar-refractivity contribution in [2.75, 3.05) is 6.61 Å². The Hall–Kier alpha value is -1.70. The highest BCUT2D eigenvalue weighted by Crippen LogP contribution is 2.07. The van der Waals surface area contributed by atoms with Crippen molar-refractivity contribution < 1.29 is 19.1 Å². The van der Waals surface area contributed by atoms with Gasteiger partial charge >= 0.3 is 12.1 Å². The SMILES string of the molecule is C#C[C@H](CC(=O)OCC)NC(=O)OC(C)(C)C. The van der Waals surface area contributed by atoms with Crippen LogP contribution in [0, 0.1) is 12.3 Å². The quantitative estimate of drug-likeness (QED) is 0.598. The van der Waals surface area contributed by atoms with Crippen molar-refractivity contribution in [1.82, 2.24) is 5.32 Å². The fourth-order valence-electron chi connectivity index (χ4n) is 0.988. The molecule has 5 heteroatoms. The second kappa shape index (κ2) is 6.79. The summed E-state index contributed by atoms with van der Waals surface area (Å²) in [4.78, 5) is 22.6. The molecule has 0 aliphatic rings. The first kappa shape index (κ1) is 15.3. The normalized spacial score (nSPS) is 12.2. The van der Waals surface area contributed by atoms with Gasteiger partial charge in [0.2, 0.25) is 0 Å². The number of carbonyl (C=O) groups is 2. The number of hydrogen-bond acceptors (Lipinski definition) is 4. The van der Waals surface area contributed by atoms with Crippen LogP contribution in [0.1, 0.15) is 34.1 Å². The van der Waals surface area contributed by atoms with Gasteiger partial charge < -0.3 is 14.8 Å². The van der Waals surface area contributed by atoms with Gasteiger partial charge in [-0.1, -0.05) is 5.92 Å². The molecule has 1 N–H and O–H groups in total. The molecular weight excluding hydrogens is 222 g/mol. The summed E-state index contributed by atoms with van der Waals surface area (Å²) in [6, 6.07) is -0.719. The predicted octanol–water partition coefficient (Wildman–Crippen LogP) is 1.47. The van der Waals surface area contributed by atoms with Crippen molar-refractivity contribution >= 4 is 12.1 Å². The number of esters is 1. The maximum absolute atomic E-state index is 11.4. The Labute approximate surface area is 102 Å². The molecule has 0 rings (SSSR count). The van der Waals surface area contributed by atoms with Crippen molar-refractivity contribution in [2.24, 2.45) is 0 Å². The third kappa shape index (κ3) is 8.14. The van der Waals surface area contributed by atoms with Crippen molar-refractivity contribution in [1.29, 1.82) is 0 Å². The fraction of sp³-hybridized carbons (Fsp3) is 0.667. The average molecular weight is 241 g/mol. The van der Waals surface area contributed by atoms with E-state index in [1.807, 2.05) is 0 Å². The highest BCUT2D eigenvalue weighted by Gasteiger charge is 2.20. The highest BCUT2D eigenvalue weighted by molar-refractivity contribution is 5.73. The van der Waals surface area contributed by atoms with Crippen LogP contribution in [0.15, 0.2) is 0 Å². The number of rotatable bonds is 4. The molecule has 0 radical (unpaired) electrons. The lowest BCUT2D eigenvalue weighted by Gasteiger charge is -2.21. The van der Waals surface area contributed by atoms with E-state index in [0.29, 0.717) is 0 Å². The van der Waals surface area contributed by atoms with Crippen LogP contribution in [0.4, 0.5) is 4.79 Å². The number of ether oxygens (including phenoxy) is 2. The smallest absolute Gasteiger partial charge is 0.408 e. The van der Waals surface area contributed by atoms with Crippen LogP contribution in [-0.4, -0.2) is 30.3 Å². The van der Waals surface area contributed by atoms with E-state index >= 15 is 0 Å². The molecule has 0 bridgehead atoms. The first-order valence-electron chi connectivity index (χ1n) is 5.39. The molecule has 17 heavy (non-hydrogen) atoms. The maximum atomic E-state index is 11.4. The van der Waals surface area contributed by atoms with Gasteiger partial charge in [-0.25, -0.2) is 4.79 Å². The number of alkyl carbamates (subject to hydrolysis) is 1. The van der Waals surface area contributed by atoms with Crippen molar-refractivity contribution in [3.05, 3.63) is 0 Å². The van der Waals surface area contributed by atoms with E-state index in [0.717, 1.165) is 0 Å². The Morgan fingerprint density at radius 1 is 1.41 bits per heavy atom. The van der Waals surface area contributed by atoms with Crippen molar-refractivity contribution in [2.45, 2.75) is 45.8 Å². The second-order valence-electron chi connectivity index (χ2n) is 4.37. The van der Waals surface area contributed by atoms with Crippen LogP contribution >= 0.6 is 0 Å². The van der Waals surface area contributed by atoms with E-state index in [4.69, 9.17) is 15.9 Å². The molecule has 0 aliphatic heterocycles. The molecule has 0 aromatic rings. The molecule has 0 saturated carbocycles. The first-order valence-corrected chi connectivity index (χ1v) is 5.39. The number of carbonyl (C=O) groups excluding carboxylic acids is 2. The lowest BCUT2D eigenvalue weighted by molar-refractivity contribution is -0.143. The standard InChI is InChI=1S/C12H19NO4/c1-6-9(8-10(14)16-7-2)13-11(15)17-12(3,4)5/h1,9H,7-8H2,2-5H3,(H,13,15)/t9-/m1/s1. The zero-order chi connectivity index (χ0) is 13.5. The van der Waals surface area contributed by atoms with Gasteiger partial charge in [0.25, 0.3) is 0 Å². The molecule has 0 aromatic carbocycles. The Morgan fingerprint density at radius 2 is 2.00 bits per heavy atom. The Bertz CT molecular complexity index is 311. The number of hydrogen-bond donors (Lipinski definition) is 1. The topological polar surface area (TPSA) is 64.6 Å². The van der Waals surface area contributed by atoms with E-state index < -0.39 is 23.7 Å². The largest absolute Gasteiger partial charge is 0.466 e. The minimum atomic E-state index is -0.719. The molecule has 1 atom stereocenters. The van der Waals surface area contributed by atoms with E-state index in [-0.39, 0.29) is 13.0 Å². The summed E-state index contributed by atoms with van der Waals surface area (Å²) in [6.07, 6.45) is 4.49. The van der Waals surface area contributed by atoms with Crippen LogP contribution < -0.4 is 5.32 Å². The zero-order valence-corrected chi connectivity index (χ0v) is 10.7. The summed E-state index contributed by atoms with van der Waals surface area (Å²) >= 11 is 0. The third-order valence-corrected chi connectivity index (χ3v) is 1.57. The Kier molecular flexibility index (Phi) is 6.11. The second-order valence-corrected chi connectivity index (χ2v) is 4.37. The summed E-state index contributed by atoms with van der Waals surface area (Å²) in [6.45, 7) is 7.20. The minimum absolute atomic E-state index is 0.0659. The van der Waals surface area contributed by atoms with E-state index in [1.54, 1.807) is 27.7 Å². The van der Waals surface area contributed by atoms with Crippen molar-refractivity contribution in [3.63, 3.8) is 0 Å². The van der Waals surface area contributed by atoms with Crippen LogP contribution in [0.2, 0.25) is 0 Å². The molecule has 0 fully saturated rings. The van der Waals surface area contributed by atoms with Crippen LogP contribution in [0.25, 0.3) is 0 Å². The van der Waals surface area contributed by atoms with Crippen LogP contribution in [0.5, 0.6) is 0 Å². The molecule has 0 saturated heterocycles. The molecule has 96 valence electrons. The van der Waals surface area contributed by atoms with E-state index in [1.165, 1.54) is 0 Å². The molecule has 5 nitrogen and oxygen atoms in total. The van der Waals surface area contributed by atoms with E-state index in [2.05, 4.69) is 11.2 Å². The summed E-state index contributed by atoms with van der Waals surface area (Å²) in [7, 11) is 0. The maximum Gasteiger partial charge on any atom is 0.408 e. The molecule has 0 heterocycles. The van der Waals surface area contributed by atoms with Gasteiger partial charge in [-0.3, -0.25) is 4.79 Å².